The van der Waals surface area contributed by atoms with Gasteiger partial charge in [0.15, 0.2) is 0 Å². The smallest absolute Gasteiger partial charge is 0.337 e. The van der Waals surface area contributed by atoms with Crippen molar-refractivity contribution in [3.05, 3.63) is 29.3 Å². The van der Waals surface area contributed by atoms with E-state index < -0.39 is 5.97 Å². The van der Waals surface area contributed by atoms with Crippen molar-refractivity contribution in [2.75, 3.05) is 12.4 Å². The fourth-order valence-corrected chi connectivity index (χ4v) is 1.79. The predicted octanol–water partition coefficient (Wildman–Crippen LogP) is 1.60. The maximum Gasteiger partial charge on any atom is 0.337 e. The second-order valence-electron chi connectivity index (χ2n) is 3.96. The molecule has 0 aliphatic carbocycles. The van der Waals surface area contributed by atoms with Crippen LogP contribution >= 0.6 is 0 Å². The largest absolute Gasteiger partial charge is 0.465 e. The molecule has 0 fully saturated rings. The monoisotopic (exact) mass is 219 g/mol. The molecule has 0 spiro atoms. The Hall–Kier alpha value is -1.84. The fraction of sp³-hybridized carbons (Fsp3) is 0.333. The summed E-state index contributed by atoms with van der Waals surface area (Å²) in [7, 11) is 1.34. The Morgan fingerprint density at radius 1 is 1.50 bits per heavy atom. The maximum absolute atomic E-state index is 11.5. The number of nitrogens with one attached hydrogen (secondary N) is 1. The van der Waals surface area contributed by atoms with Crippen LogP contribution in [-0.2, 0) is 16.0 Å². The molecule has 1 aromatic carbocycles. The summed E-state index contributed by atoms with van der Waals surface area (Å²) in [4.78, 5) is 22.8. The molecule has 4 nitrogen and oxygen atoms in total. The number of amides is 1. The van der Waals surface area contributed by atoms with Gasteiger partial charge in [0.25, 0.3) is 0 Å². The molecular weight excluding hydrogens is 206 g/mol. The molecule has 0 saturated carbocycles. The molecule has 1 atom stereocenters. The number of anilines is 1. The molecule has 2 rings (SSSR count). The van der Waals surface area contributed by atoms with E-state index in [0.29, 0.717) is 17.7 Å². The number of hydrogen-bond donors (Lipinski definition) is 1. The number of methoxy groups -OCH3 is 1. The lowest BCUT2D eigenvalue weighted by atomic mass is 9.94. The lowest BCUT2D eigenvalue weighted by molar-refractivity contribution is -0.119. The van der Waals surface area contributed by atoms with Crippen molar-refractivity contribution >= 4 is 17.6 Å². The molecule has 16 heavy (non-hydrogen) atoms. The highest BCUT2D eigenvalue weighted by atomic mass is 16.5. The van der Waals surface area contributed by atoms with Crippen LogP contribution in [0.4, 0.5) is 5.69 Å². The van der Waals surface area contributed by atoms with E-state index in [-0.39, 0.29) is 11.8 Å². The molecular formula is C12H13NO3. The minimum absolute atomic E-state index is 0.00508. The van der Waals surface area contributed by atoms with Crippen LogP contribution in [0.3, 0.4) is 0 Å². The van der Waals surface area contributed by atoms with Gasteiger partial charge in [-0.1, -0.05) is 13.0 Å². The number of ether oxygens (including phenoxy) is 1. The first-order valence-corrected chi connectivity index (χ1v) is 5.14. The highest BCUT2D eigenvalue weighted by Crippen LogP contribution is 2.26. The summed E-state index contributed by atoms with van der Waals surface area (Å²) in [5.41, 5.74) is 2.22. The van der Waals surface area contributed by atoms with E-state index in [1.54, 1.807) is 12.1 Å². The van der Waals surface area contributed by atoms with Gasteiger partial charge in [-0.05, 0) is 24.1 Å². The molecule has 4 heteroatoms. The van der Waals surface area contributed by atoms with E-state index in [9.17, 15) is 9.59 Å². The fourth-order valence-electron chi connectivity index (χ4n) is 1.79. The lowest BCUT2D eigenvalue weighted by Crippen LogP contribution is -2.27. The quantitative estimate of drug-likeness (QED) is 0.730. The summed E-state index contributed by atoms with van der Waals surface area (Å²) < 4.78 is 4.62. The topological polar surface area (TPSA) is 55.4 Å². The number of carbonyl (C=O) groups is 2. The number of benzene rings is 1. The number of esters is 1. The third kappa shape index (κ3) is 1.78. The van der Waals surface area contributed by atoms with Crippen LogP contribution in [0, 0.1) is 5.92 Å². The van der Waals surface area contributed by atoms with Crippen molar-refractivity contribution in [2.45, 2.75) is 13.3 Å². The Morgan fingerprint density at radius 2 is 2.25 bits per heavy atom. The minimum atomic E-state index is -0.393. The highest BCUT2D eigenvalue weighted by molar-refractivity contribution is 5.98. The van der Waals surface area contributed by atoms with Gasteiger partial charge >= 0.3 is 5.97 Å². The van der Waals surface area contributed by atoms with Crippen LogP contribution in [0.25, 0.3) is 0 Å². The van der Waals surface area contributed by atoms with E-state index in [0.717, 1.165) is 5.56 Å². The Bertz CT molecular complexity index is 454. The van der Waals surface area contributed by atoms with E-state index in [1.807, 2.05) is 13.0 Å². The molecule has 1 aliphatic rings. The summed E-state index contributed by atoms with van der Waals surface area (Å²) in [6, 6.07) is 5.23. The summed E-state index contributed by atoms with van der Waals surface area (Å²) in [6.07, 6.45) is 0.711. The van der Waals surface area contributed by atoms with Crippen LogP contribution in [0.5, 0.6) is 0 Å². The molecule has 1 amide bonds. The molecule has 1 heterocycles. The van der Waals surface area contributed by atoms with Gasteiger partial charge in [-0.15, -0.1) is 0 Å². The standard InChI is InChI=1S/C12H13NO3/c1-7-5-8-3-4-9(12(15)16-2)6-10(8)13-11(7)14/h3-4,6-7H,5H2,1-2H3,(H,13,14)/t7-/m0/s1. The van der Waals surface area contributed by atoms with Crippen molar-refractivity contribution < 1.29 is 14.3 Å². The van der Waals surface area contributed by atoms with E-state index >= 15 is 0 Å². The SMILES string of the molecule is COC(=O)c1ccc2c(c1)NC(=O)[C@@H](C)C2. The van der Waals surface area contributed by atoms with Crippen molar-refractivity contribution in [3.8, 4) is 0 Å². The Balaban J connectivity index is 2.36. The Kier molecular flexibility index (Phi) is 2.64. The summed E-state index contributed by atoms with van der Waals surface area (Å²) in [5, 5.41) is 2.78. The number of rotatable bonds is 1. The number of carbonyl (C=O) groups excluding carboxylic acids is 2. The van der Waals surface area contributed by atoms with E-state index in [2.05, 4.69) is 10.1 Å². The average Bonchev–Trinajstić information content (AvgIpc) is 2.29. The van der Waals surface area contributed by atoms with Crippen molar-refractivity contribution in [2.24, 2.45) is 5.92 Å². The predicted molar refractivity (Wildman–Crippen MR) is 59.3 cm³/mol. The van der Waals surface area contributed by atoms with Gasteiger partial charge < -0.3 is 10.1 Å². The zero-order valence-corrected chi connectivity index (χ0v) is 9.24. The number of fused-ring (bicyclic) bond motifs is 1. The van der Waals surface area contributed by atoms with Gasteiger partial charge in [0.05, 0.1) is 12.7 Å². The van der Waals surface area contributed by atoms with Gasteiger partial charge in [-0.2, -0.15) is 0 Å². The van der Waals surface area contributed by atoms with E-state index in [4.69, 9.17) is 0 Å². The Morgan fingerprint density at radius 3 is 2.94 bits per heavy atom. The summed E-state index contributed by atoms with van der Waals surface area (Å²) >= 11 is 0. The van der Waals surface area contributed by atoms with Crippen LogP contribution in [-0.4, -0.2) is 19.0 Å². The van der Waals surface area contributed by atoms with Crippen LogP contribution in [0.15, 0.2) is 18.2 Å². The average molecular weight is 219 g/mol. The molecule has 1 N–H and O–H groups in total. The molecule has 0 bridgehead atoms. The molecule has 0 radical (unpaired) electrons. The van der Waals surface area contributed by atoms with Gasteiger partial charge in [-0.3, -0.25) is 4.79 Å². The second-order valence-corrected chi connectivity index (χ2v) is 3.96. The third-order valence-electron chi connectivity index (χ3n) is 2.76. The second kappa shape index (κ2) is 3.96. The highest BCUT2D eigenvalue weighted by Gasteiger charge is 2.22. The first-order chi connectivity index (χ1) is 7.61. The molecule has 1 aliphatic heterocycles. The van der Waals surface area contributed by atoms with Crippen LogP contribution < -0.4 is 5.32 Å². The lowest BCUT2D eigenvalue weighted by Gasteiger charge is -2.22. The zero-order valence-electron chi connectivity index (χ0n) is 9.24. The minimum Gasteiger partial charge on any atom is -0.465 e. The van der Waals surface area contributed by atoms with Gasteiger partial charge in [0.2, 0.25) is 5.91 Å². The maximum atomic E-state index is 11.5. The molecule has 84 valence electrons. The third-order valence-corrected chi connectivity index (χ3v) is 2.76. The molecule has 1 aromatic rings. The van der Waals surface area contributed by atoms with Crippen molar-refractivity contribution in [1.82, 2.24) is 0 Å². The van der Waals surface area contributed by atoms with Gasteiger partial charge in [0.1, 0.15) is 0 Å². The first kappa shape index (κ1) is 10.7. The normalized spacial score (nSPS) is 18.6. The van der Waals surface area contributed by atoms with Crippen molar-refractivity contribution in [1.29, 1.82) is 0 Å². The molecule has 0 unspecified atom stereocenters. The van der Waals surface area contributed by atoms with Crippen molar-refractivity contribution in [3.63, 3.8) is 0 Å². The van der Waals surface area contributed by atoms with E-state index in [1.165, 1.54) is 7.11 Å². The number of hydrogen-bond acceptors (Lipinski definition) is 3. The Labute approximate surface area is 93.6 Å². The van der Waals surface area contributed by atoms with Gasteiger partial charge in [-0.25, -0.2) is 4.79 Å². The first-order valence-electron chi connectivity index (χ1n) is 5.14. The summed E-state index contributed by atoms with van der Waals surface area (Å²) in [5.74, 6) is -0.415. The van der Waals surface area contributed by atoms with Crippen LogP contribution in [0.1, 0.15) is 22.8 Å². The molecule has 0 aromatic heterocycles. The summed E-state index contributed by atoms with van der Waals surface area (Å²) in [6.45, 7) is 1.88. The molecule has 0 saturated heterocycles. The van der Waals surface area contributed by atoms with Gasteiger partial charge in [0, 0.05) is 11.6 Å². The zero-order chi connectivity index (χ0) is 11.7. The van der Waals surface area contributed by atoms with Crippen LogP contribution in [0.2, 0.25) is 0 Å².